The van der Waals surface area contributed by atoms with Crippen molar-refractivity contribution in [2.24, 2.45) is 0 Å². The molecular weight excluding hydrogens is 396 g/mol. The van der Waals surface area contributed by atoms with Crippen molar-refractivity contribution in [3.8, 4) is 0 Å². The number of hydrogen-bond acceptors (Lipinski definition) is 4. The summed E-state index contributed by atoms with van der Waals surface area (Å²) >= 11 is 6.78. The van der Waals surface area contributed by atoms with E-state index < -0.39 is 0 Å². The molecule has 4 nitrogen and oxygen atoms in total. The second-order valence-electron chi connectivity index (χ2n) is 4.73. The number of carbonyl (C=O) groups excluding carboxylic acids is 2. The topological polar surface area (TPSA) is 58.2 Å². The van der Waals surface area contributed by atoms with Gasteiger partial charge in [-0.05, 0) is 40.6 Å². The molecule has 0 aliphatic rings. The maximum Gasteiger partial charge on any atom is 0.251 e. The number of nitrogens with one attached hydrogen (secondary N) is 2. The van der Waals surface area contributed by atoms with Gasteiger partial charge in [0.2, 0.25) is 5.91 Å². The van der Waals surface area contributed by atoms with Crippen molar-refractivity contribution in [2.45, 2.75) is 5.75 Å². The molecule has 0 saturated heterocycles. The van der Waals surface area contributed by atoms with E-state index in [1.165, 1.54) is 5.56 Å². The number of hydrogen-bond donors (Lipinski definition) is 2. The van der Waals surface area contributed by atoms with Crippen molar-refractivity contribution < 1.29 is 9.59 Å². The molecule has 0 atom stereocenters. The molecule has 1 aromatic heterocycles. The summed E-state index contributed by atoms with van der Waals surface area (Å²) < 4.78 is 0.831. The maximum absolute atomic E-state index is 11.9. The number of halogens is 1. The Balaban J connectivity index is 1.58. The Hall–Kier alpha value is -1.31. The van der Waals surface area contributed by atoms with Crippen molar-refractivity contribution in [3.63, 3.8) is 0 Å². The molecule has 0 bridgehead atoms. The zero-order valence-corrected chi connectivity index (χ0v) is 15.6. The fourth-order valence-corrected chi connectivity index (χ4v) is 3.76. The molecule has 122 valence electrons. The van der Waals surface area contributed by atoms with Crippen molar-refractivity contribution in [2.75, 3.05) is 18.8 Å². The highest BCUT2D eigenvalue weighted by atomic mass is 79.9. The highest BCUT2D eigenvalue weighted by molar-refractivity contribution is 9.10. The predicted octanol–water partition coefficient (Wildman–Crippen LogP) is 3.29. The lowest BCUT2D eigenvalue weighted by Gasteiger charge is -2.07. The van der Waals surface area contributed by atoms with Gasteiger partial charge in [-0.15, -0.1) is 0 Å². The van der Waals surface area contributed by atoms with Crippen molar-refractivity contribution in [1.82, 2.24) is 10.6 Å². The van der Waals surface area contributed by atoms with Crippen LogP contribution in [0.15, 0.2) is 45.6 Å². The smallest absolute Gasteiger partial charge is 0.251 e. The van der Waals surface area contributed by atoms with E-state index in [0.717, 1.165) is 16.0 Å². The molecule has 0 spiro atoms. The van der Waals surface area contributed by atoms with Gasteiger partial charge < -0.3 is 10.6 Å². The normalized spacial score (nSPS) is 10.3. The second-order valence-corrected chi connectivity index (χ2v) is 7.53. The summed E-state index contributed by atoms with van der Waals surface area (Å²) in [6, 6.07) is 9.15. The molecule has 0 unspecified atom stereocenters. The number of carbonyl (C=O) groups is 2. The minimum Gasteiger partial charge on any atom is -0.354 e. The van der Waals surface area contributed by atoms with E-state index in [2.05, 4.69) is 43.4 Å². The van der Waals surface area contributed by atoms with Gasteiger partial charge in [0.1, 0.15) is 0 Å². The summed E-state index contributed by atoms with van der Waals surface area (Å²) in [6.45, 7) is 0.584. The van der Waals surface area contributed by atoms with Gasteiger partial charge in [0.15, 0.2) is 0 Å². The first kappa shape index (κ1) is 18.0. The monoisotopic (exact) mass is 412 g/mol. The summed E-state index contributed by atoms with van der Waals surface area (Å²) in [6.07, 6.45) is 0. The summed E-state index contributed by atoms with van der Waals surface area (Å²) in [5.41, 5.74) is 1.84. The van der Waals surface area contributed by atoms with Gasteiger partial charge in [-0.1, -0.05) is 22.0 Å². The minimum absolute atomic E-state index is 0.0133. The van der Waals surface area contributed by atoms with Crippen molar-refractivity contribution in [1.29, 1.82) is 0 Å². The van der Waals surface area contributed by atoms with E-state index in [-0.39, 0.29) is 18.4 Å². The van der Waals surface area contributed by atoms with Gasteiger partial charge in [-0.25, -0.2) is 0 Å². The van der Waals surface area contributed by atoms with Crippen LogP contribution < -0.4 is 10.6 Å². The summed E-state index contributed by atoms with van der Waals surface area (Å²) in [5, 5.41) is 9.60. The van der Waals surface area contributed by atoms with Crippen LogP contribution in [0.2, 0.25) is 0 Å². The van der Waals surface area contributed by atoms with Gasteiger partial charge in [0.05, 0.1) is 6.54 Å². The molecule has 23 heavy (non-hydrogen) atoms. The maximum atomic E-state index is 11.9. The van der Waals surface area contributed by atoms with Crippen LogP contribution in [0.4, 0.5) is 0 Å². The predicted molar refractivity (Wildman–Crippen MR) is 100.0 cm³/mol. The molecule has 7 heteroatoms. The molecule has 0 radical (unpaired) electrons. The van der Waals surface area contributed by atoms with Crippen molar-refractivity contribution >= 4 is 50.8 Å². The van der Waals surface area contributed by atoms with E-state index in [9.17, 15) is 9.59 Å². The zero-order chi connectivity index (χ0) is 16.5. The van der Waals surface area contributed by atoms with Crippen LogP contribution in [0.1, 0.15) is 15.9 Å². The summed E-state index contributed by atoms with van der Waals surface area (Å²) in [5.74, 6) is 1.37. The number of thioether (sulfide) groups is 1. The lowest BCUT2D eigenvalue weighted by Crippen LogP contribution is -2.37. The van der Waals surface area contributed by atoms with Crippen LogP contribution in [0.25, 0.3) is 0 Å². The van der Waals surface area contributed by atoms with Gasteiger partial charge in [-0.2, -0.15) is 23.1 Å². The molecule has 2 rings (SSSR count). The third-order valence-electron chi connectivity index (χ3n) is 2.91. The van der Waals surface area contributed by atoms with E-state index in [4.69, 9.17) is 0 Å². The lowest BCUT2D eigenvalue weighted by atomic mass is 10.2. The van der Waals surface area contributed by atoms with Gasteiger partial charge in [0, 0.05) is 28.1 Å². The molecule has 1 aromatic carbocycles. The van der Waals surface area contributed by atoms with Crippen LogP contribution in [-0.4, -0.2) is 30.7 Å². The van der Waals surface area contributed by atoms with Crippen LogP contribution in [0.3, 0.4) is 0 Å². The standard InChI is InChI=1S/C16H17BrN2O2S2/c17-14-3-1-2-13(8-14)16(21)19-9-15(20)18-5-7-23-11-12-4-6-22-10-12/h1-4,6,8,10H,5,7,9,11H2,(H,18,20)(H,19,21). The largest absolute Gasteiger partial charge is 0.354 e. The Morgan fingerprint density at radius 2 is 2.09 bits per heavy atom. The van der Waals surface area contributed by atoms with Crippen LogP contribution >= 0.6 is 39.0 Å². The highest BCUT2D eigenvalue weighted by Crippen LogP contribution is 2.14. The molecule has 0 aliphatic carbocycles. The number of rotatable bonds is 8. The fraction of sp³-hybridized carbons (Fsp3) is 0.250. The molecule has 0 fully saturated rings. The molecule has 2 amide bonds. The van der Waals surface area contributed by atoms with Gasteiger partial charge in [-0.3, -0.25) is 9.59 Å². The van der Waals surface area contributed by atoms with Gasteiger partial charge >= 0.3 is 0 Å². The highest BCUT2D eigenvalue weighted by Gasteiger charge is 2.07. The van der Waals surface area contributed by atoms with Crippen LogP contribution in [-0.2, 0) is 10.5 Å². The Morgan fingerprint density at radius 3 is 2.83 bits per heavy atom. The van der Waals surface area contributed by atoms with E-state index >= 15 is 0 Å². The quantitative estimate of drug-likeness (QED) is 0.653. The first-order chi connectivity index (χ1) is 11.1. The third kappa shape index (κ3) is 6.76. The molecule has 0 saturated carbocycles. The summed E-state index contributed by atoms with van der Waals surface area (Å²) in [4.78, 5) is 23.6. The number of benzene rings is 1. The first-order valence-electron chi connectivity index (χ1n) is 7.04. The zero-order valence-electron chi connectivity index (χ0n) is 12.4. The third-order valence-corrected chi connectivity index (χ3v) is 5.17. The minimum atomic E-state index is -0.256. The Morgan fingerprint density at radius 1 is 1.22 bits per heavy atom. The molecule has 2 aromatic rings. The van der Waals surface area contributed by atoms with Crippen LogP contribution in [0, 0.1) is 0 Å². The molecule has 1 heterocycles. The SMILES string of the molecule is O=C(CNC(=O)c1cccc(Br)c1)NCCSCc1ccsc1. The average Bonchev–Trinajstić information content (AvgIpc) is 3.05. The Labute approximate surface area is 152 Å². The van der Waals surface area contributed by atoms with Crippen molar-refractivity contribution in [3.05, 3.63) is 56.7 Å². The van der Waals surface area contributed by atoms with Crippen LogP contribution in [0.5, 0.6) is 0 Å². The molecular formula is C16H17BrN2O2S2. The Kier molecular flexibility index (Phi) is 7.64. The van der Waals surface area contributed by atoms with E-state index in [1.54, 1.807) is 41.3 Å². The molecule has 0 aliphatic heterocycles. The number of thiophene rings is 1. The van der Waals surface area contributed by atoms with E-state index in [1.807, 2.05) is 6.07 Å². The van der Waals surface area contributed by atoms with Gasteiger partial charge in [0.25, 0.3) is 5.91 Å². The molecule has 2 N–H and O–H groups in total. The first-order valence-corrected chi connectivity index (χ1v) is 9.93. The fourth-order valence-electron chi connectivity index (χ4n) is 1.78. The lowest BCUT2D eigenvalue weighted by molar-refractivity contribution is -0.120. The summed E-state index contributed by atoms with van der Waals surface area (Å²) in [7, 11) is 0. The van der Waals surface area contributed by atoms with E-state index in [0.29, 0.717) is 12.1 Å². The number of amides is 2. The average molecular weight is 413 g/mol. The Bertz CT molecular complexity index is 647. The second kappa shape index (κ2) is 9.75.